The number of fused-ring (bicyclic) bond motifs is 1. The Hall–Kier alpha value is -1.27. The fourth-order valence-corrected chi connectivity index (χ4v) is 3.43. The van der Waals surface area contributed by atoms with Crippen molar-refractivity contribution in [1.82, 2.24) is 20.0 Å². The minimum atomic E-state index is -0.395. The first kappa shape index (κ1) is 19.1. The van der Waals surface area contributed by atoms with E-state index in [1.54, 1.807) is 24.0 Å². The van der Waals surface area contributed by atoms with E-state index in [1.807, 2.05) is 24.2 Å². The second kappa shape index (κ2) is 7.74. The van der Waals surface area contributed by atoms with Crippen LogP contribution in [0.4, 0.5) is 0 Å². The van der Waals surface area contributed by atoms with E-state index < -0.39 is 6.04 Å². The Balaban J connectivity index is 0.00000208. The first-order valence-corrected chi connectivity index (χ1v) is 8.17. The summed E-state index contributed by atoms with van der Waals surface area (Å²) in [4.78, 5) is 14.7. The van der Waals surface area contributed by atoms with Gasteiger partial charge in [0.2, 0.25) is 5.91 Å². The quantitative estimate of drug-likeness (QED) is 0.878. The zero-order chi connectivity index (χ0) is 16.6. The van der Waals surface area contributed by atoms with E-state index in [4.69, 9.17) is 23.2 Å². The molecule has 0 radical (unpaired) electrons. The van der Waals surface area contributed by atoms with Gasteiger partial charge >= 0.3 is 0 Å². The largest absolute Gasteiger partial charge is 0.336 e. The summed E-state index contributed by atoms with van der Waals surface area (Å²) in [6.45, 7) is 1.17. The van der Waals surface area contributed by atoms with Crippen molar-refractivity contribution < 1.29 is 4.79 Å². The lowest BCUT2D eigenvalue weighted by Crippen LogP contribution is -2.42. The molecule has 130 valence electrons. The highest BCUT2D eigenvalue weighted by molar-refractivity contribution is 6.42. The summed E-state index contributed by atoms with van der Waals surface area (Å²) < 4.78 is 1.69. The van der Waals surface area contributed by atoms with Crippen molar-refractivity contribution in [2.75, 3.05) is 13.6 Å². The number of hydrogen-bond donors (Lipinski definition) is 1. The summed E-state index contributed by atoms with van der Waals surface area (Å²) in [7, 11) is 3.62. The normalized spacial score (nSPS) is 14.8. The highest BCUT2D eigenvalue weighted by Gasteiger charge is 2.29. The summed E-state index contributed by atoms with van der Waals surface area (Å²) >= 11 is 12.3. The number of carbonyl (C=O) groups excluding carboxylic acids is 1. The van der Waals surface area contributed by atoms with Crippen molar-refractivity contribution >= 4 is 41.5 Å². The molecule has 2 heterocycles. The maximum atomic E-state index is 12.9. The molecular formula is C16H19Cl3N4O. The molecular weight excluding hydrogens is 371 g/mol. The molecule has 1 unspecified atom stereocenters. The molecule has 2 aromatic rings. The van der Waals surface area contributed by atoms with E-state index in [9.17, 15) is 4.79 Å². The first-order chi connectivity index (χ1) is 11.0. The third-order valence-corrected chi connectivity index (χ3v) is 5.03. The second-order valence-electron chi connectivity index (χ2n) is 5.68. The average Bonchev–Trinajstić information content (AvgIpc) is 2.97. The molecule has 0 saturated heterocycles. The van der Waals surface area contributed by atoms with Crippen LogP contribution in [0.5, 0.6) is 0 Å². The number of nitrogens with one attached hydrogen (secondary N) is 1. The SMILES string of the molecule is CNC(C(=O)N1CCc2c(ccc(Cl)c2Cl)C1)c1cnn(C)c1.Cl. The number of hydrogen-bond acceptors (Lipinski definition) is 3. The van der Waals surface area contributed by atoms with Crippen molar-refractivity contribution in [3.63, 3.8) is 0 Å². The fourth-order valence-electron chi connectivity index (χ4n) is 2.98. The number of halogens is 3. The van der Waals surface area contributed by atoms with E-state index in [-0.39, 0.29) is 18.3 Å². The van der Waals surface area contributed by atoms with E-state index in [1.165, 1.54) is 0 Å². The molecule has 1 aliphatic rings. The Morgan fingerprint density at radius 1 is 1.38 bits per heavy atom. The Bertz CT molecular complexity index is 747. The van der Waals surface area contributed by atoms with Crippen LogP contribution in [-0.4, -0.2) is 34.2 Å². The smallest absolute Gasteiger partial charge is 0.244 e. The lowest BCUT2D eigenvalue weighted by atomic mass is 9.98. The van der Waals surface area contributed by atoms with Crippen LogP contribution in [0, 0.1) is 0 Å². The van der Waals surface area contributed by atoms with Crippen LogP contribution < -0.4 is 5.32 Å². The molecule has 1 aromatic carbocycles. The van der Waals surface area contributed by atoms with E-state index >= 15 is 0 Å². The van der Waals surface area contributed by atoms with Crippen LogP contribution in [0.2, 0.25) is 10.0 Å². The third kappa shape index (κ3) is 3.54. The van der Waals surface area contributed by atoms with E-state index in [0.717, 1.165) is 16.7 Å². The molecule has 3 rings (SSSR count). The van der Waals surface area contributed by atoms with Crippen molar-refractivity contribution in [3.05, 3.63) is 51.3 Å². The van der Waals surface area contributed by atoms with Crippen LogP contribution in [0.3, 0.4) is 0 Å². The van der Waals surface area contributed by atoms with Gasteiger partial charge < -0.3 is 10.2 Å². The average molecular weight is 390 g/mol. The van der Waals surface area contributed by atoms with Gasteiger partial charge in [0.15, 0.2) is 0 Å². The fraction of sp³-hybridized carbons (Fsp3) is 0.375. The molecule has 0 saturated carbocycles. The van der Waals surface area contributed by atoms with Crippen molar-refractivity contribution in [3.8, 4) is 0 Å². The topological polar surface area (TPSA) is 50.2 Å². The predicted octanol–water partition coefficient (Wildman–Crippen LogP) is 2.99. The lowest BCUT2D eigenvalue weighted by Gasteiger charge is -2.32. The number of aromatic nitrogens is 2. The molecule has 0 spiro atoms. The van der Waals surface area contributed by atoms with Crippen LogP contribution in [0.1, 0.15) is 22.7 Å². The minimum absolute atomic E-state index is 0. The molecule has 0 aliphatic carbocycles. The van der Waals surface area contributed by atoms with Gasteiger partial charge in [-0.2, -0.15) is 5.10 Å². The summed E-state index contributed by atoms with van der Waals surface area (Å²) in [5, 5.41) is 8.39. The molecule has 1 N–H and O–H groups in total. The highest BCUT2D eigenvalue weighted by atomic mass is 35.5. The van der Waals surface area contributed by atoms with Gasteiger partial charge in [0.1, 0.15) is 6.04 Å². The molecule has 8 heteroatoms. The summed E-state index contributed by atoms with van der Waals surface area (Å²) in [6.07, 6.45) is 4.28. The number of carbonyl (C=O) groups is 1. The van der Waals surface area contributed by atoms with E-state index in [2.05, 4.69) is 10.4 Å². The highest BCUT2D eigenvalue weighted by Crippen LogP contribution is 2.32. The molecule has 1 atom stereocenters. The lowest BCUT2D eigenvalue weighted by molar-refractivity contribution is -0.134. The van der Waals surface area contributed by atoms with Crippen molar-refractivity contribution in [1.29, 1.82) is 0 Å². The van der Waals surface area contributed by atoms with Crippen LogP contribution in [0.15, 0.2) is 24.5 Å². The van der Waals surface area contributed by atoms with Crippen molar-refractivity contribution in [2.45, 2.75) is 19.0 Å². The van der Waals surface area contributed by atoms with Gasteiger partial charge in [0.25, 0.3) is 0 Å². The number of aryl methyl sites for hydroxylation is 1. The van der Waals surface area contributed by atoms with Gasteiger partial charge in [-0.05, 0) is 30.7 Å². The van der Waals surface area contributed by atoms with Gasteiger partial charge in [0.05, 0.1) is 16.2 Å². The molecule has 1 aromatic heterocycles. The number of amides is 1. The van der Waals surface area contributed by atoms with Crippen LogP contribution >= 0.6 is 35.6 Å². The molecule has 0 bridgehead atoms. The monoisotopic (exact) mass is 388 g/mol. The second-order valence-corrected chi connectivity index (χ2v) is 6.46. The molecule has 1 aliphatic heterocycles. The van der Waals surface area contributed by atoms with Gasteiger partial charge in [-0.15, -0.1) is 12.4 Å². The summed E-state index contributed by atoms with van der Waals surface area (Å²) in [5.41, 5.74) is 2.96. The van der Waals surface area contributed by atoms with Gasteiger partial charge in [0, 0.05) is 31.9 Å². The van der Waals surface area contributed by atoms with Gasteiger partial charge in [-0.1, -0.05) is 29.3 Å². The van der Waals surface area contributed by atoms with Crippen LogP contribution in [-0.2, 0) is 24.8 Å². The maximum Gasteiger partial charge on any atom is 0.244 e. The molecule has 24 heavy (non-hydrogen) atoms. The zero-order valence-corrected chi connectivity index (χ0v) is 15.8. The molecule has 1 amide bonds. The molecule has 0 fully saturated rings. The predicted molar refractivity (Wildman–Crippen MR) is 97.8 cm³/mol. The number of benzene rings is 1. The Labute approximate surface area is 157 Å². The Morgan fingerprint density at radius 3 is 2.75 bits per heavy atom. The minimum Gasteiger partial charge on any atom is -0.336 e. The van der Waals surface area contributed by atoms with Gasteiger partial charge in [-0.25, -0.2) is 0 Å². The first-order valence-electron chi connectivity index (χ1n) is 7.41. The number of nitrogens with zero attached hydrogens (tertiary/aromatic N) is 3. The number of rotatable bonds is 3. The maximum absolute atomic E-state index is 12.9. The van der Waals surface area contributed by atoms with Crippen molar-refractivity contribution in [2.24, 2.45) is 7.05 Å². The summed E-state index contributed by atoms with van der Waals surface area (Å²) in [6, 6.07) is 3.34. The Morgan fingerprint density at radius 2 is 2.12 bits per heavy atom. The third-order valence-electron chi connectivity index (χ3n) is 4.19. The Kier molecular flexibility index (Phi) is 6.15. The zero-order valence-electron chi connectivity index (χ0n) is 13.4. The number of likely N-dealkylation sites (N-methyl/N-ethyl adjacent to an activating group) is 1. The van der Waals surface area contributed by atoms with Gasteiger partial charge in [-0.3, -0.25) is 9.48 Å². The molecule has 5 nitrogen and oxygen atoms in total. The standard InChI is InChI=1S/C16H18Cl2N4O.ClH/c1-19-15(11-7-20-21(2)8-11)16(23)22-6-5-12-10(9-22)3-4-13(17)14(12)18;/h3-4,7-8,15,19H,5-6,9H2,1-2H3;1H. The van der Waals surface area contributed by atoms with E-state index in [0.29, 0.717) is 29.6 Å². The summed E-state index contributed by atoms with van der Waals surface area (Å²) in [5.74, 6) is 0.0391. The van der Waals surface area contributed by atoms with Crippen LogP contribution in [0.25, 0.3) is 0 Å².